The first-order chi connectivity index (χ1) is 9.99. The molecule has 0 saturated carbocycles. The van der Waals surface area contributed by atoms with Crippen molar-refractivity contribution in [3.63, 3.8) is 0 Å². The predicted molar refractivity (Wildman–Crippen MR) is 90.8 cm³/mol. The van der Waals surface area contributed by atoms with E-state index in [4.69, 9.17) is 11.6 Å². The number of nitrogens with zero attached hydrogens (tertiary/aromatic N) is 3. The van der Waals surface area contributed by atoms with E-state index in [0.717, 1.165) is 27.9 Å². The maximum absolute atomic E-state index is 6.29. The first kappa shape index (κ1) is 16.1. The van der Waals surface area contributed by atoms with E-state index in [1.165, 1.54) is 0 Å². The van der Waals surface area contributed by atoms with Crippen LogP contribution in [-0.2, 0) is 6.54 Å². The molecule has 1 heterocycles. The maximum Gasteiger partial charge on any atom is 0.191 e. The third-order valence-corrected chi connectivity index (χ3v) is 4.53. The lowest BCUT2D eigenvalue weighted by Crippen LogP contribution is -2.04. The number of aromatic nitrogens is 3. The molecule has 1 aromatic carbocycles. The van der Waals surface area contributed by atoms with Crippen molar-refractivity contribution in [2.75, 3.05) is 5.75 Å². The molecule has 0 aliphatic rings. The van der Waals surface area contributed by atoms with E-state index in [-0.39, 0.29) is 0 Å². The topological polar surface area (TPSA) is 30.7 Å². The van der Waals surface area contributed by atoms with Crippen molar-refractivity contribution >= 4 is 23.4 Å². The number of benzene rings is 1. The molecule has 2 aromatic rings. The van der Waals surface area contributed by atoms with Crippen molar-refractivity contribution in [2.45, 2.75) is 32.5 Å². The molecule has 21 heavy (non-hydrogen) atoms. The summed E-state index contributed by atoms with van der Waals surface area (Å²) in [6, 6.07) is 7.72. The summed E-state index contributed by atoms with van der Waals surface area (Å²) in [5.41, 5.74) is 1.97. The number of halogens is 1. The standard InChI is InChI=1S/C16H20ClN3S/c1-11(2)9-20-15(13-7-5-6-8-14(13)17)18-19-16(20)21-10-12(3)4/h5-8,12H,1,9-10H2,2-4H3. The average molecular weight is 322 g/mol. The Labute approximate surface area is 135 Å². The Morgan fingerprint density at radius 1 is 1.33 bits per heavy atom. The van der Waals surface area contributed by atoms with Crippen molar-refractivity contribution in [1.29, 1.82) is 0 Å². The molecule has 0 radical (unpaired) electrons. The molecule has 0 N–H and O–H groups in total. The van der Waals surface area contributed by atoms with Crippen molar-refractivity contribution in [1.82, 2.24) is 14.8 Å². The Morgan fingerprint density at radius 3 is 2.67 bits per heavy atom. The van der Waals surface area contributed by atoms with Crippen molar-refractivity contribution in [2.24, 2.45) is 5.92 Å². The van der Waals surface area contributed by atoms with E-state index in [0.29, 0.717) is 17.5 Å². The summed E-state index contributed by atoms with van der Waals surface area (Å²) in [7, 11) is 0. The van der Waals surface area contributed by atoms with Crippen LogP contribution in [0, 0.1) is 5.92 Å². The van der Waals surface area contributed by atoms with Gasteiger partial charge in [-0.15, -0.1) is 10.2 Å². The molecule has 0 spiro atoms. The van der Waals surface area contributed by atoms with Crippen LogP contribution in [0.15, 0.2) is 41.6 Å². The second-order valence-corrected chi connectivity index (χ2v) is 6.93. The highest BCUT2D eigenvalue weighted by Crippen LogP contribution is 2.30. The Bertz CT molecular complexity index is 634. The van der Waals surface area contributed by atoms with Gasteiger partial charge in [-0.2, -0.15) is 0 Å². The number of hydrogen-bond donors (Lipinski definition) is 0. The summed E-state index contributed by atoms with van der Waals surface area (Å²) in [4.78, 5) is 0. The smallest absolute Gasteiger partial charge is 0.191 e. The molecule has 0 aliphatic heterocycles. The number of hydrogen-bond acceptors (Lipinski definition) is 3. The molecule has 0 aliphatic carbocycles. The largest absolute Gasteiger partial charge is 0.298 e. The van der Waals surface area contributed by atoms with Gasteiger partial charge in [-0.25, -0.2) is 0 Å². The van der Waals surface area contributed by atoms with Gasteiger partial charge in [-0.1, -0.05) is 61.5 Å². The van der Waals surface area contributed by atoms with E-state index in [2.05, 4.69) is 35.2 Å². The minimum absolute atomic E-state index is 0.605. The van der Waals surface area contributed by atoms with Gasteiger partial charge in [0.15, 0.2) is 11.0 Å². The predicted octanol–water partition coefficient (Wildman–Crippen LogP) is 4.92. The van der Waals surface area contributed by atoms with Gasteiger partial charge in [0.05, 0.1) is 5.02 Å². The first-order valence-corrected chi connectivity index (χ1v) is 8.30. The van der Waals surface area contributed by atoms with Crippen LogP contribution >= 0.6 is 23.4 Å². The minimum Gasteiger partial charge on any atom is -0.298 e. The lowest BCUT2D eigenvalue weighted by molar-refractivity contribution is 0.698. The van der Waals surface area contributed by atoms with Crippen LogP contribution in [0.5, 0.6) is 0 Å². The normalized spacial score (nSPS) is 11.1. The quantitative estimate of drug-likeness (QED) is 0.558. The molecule has 0 bridgehead atoms. The van der Waals surface area contributed by atoms with E-state index >= 15 is 0 Å². The van der Waals surface area contributed by atoms with Gasteiger partial charge >= 0.3 is 0 Å². The zero-order chi connectivity index (χ0) is 15.4. The second kappa shape index (κ2) is 7.14. The number of rotatable bonds is 6. The summed E-state index contributed by atoms with van der Waals surface area (Å²) < 4.78 is 2.09. The van der Waals surface area contributed by atoms with Crippen LogP contribution in [0.4, 0.5) is 0 Å². The minimum atomic E-state index is 0.605. The molecule has 5 heteroatoms. The Hall–Kier alpha value is -1.26. The lowest BCUT2D eigenvalue weighted by Gasteiger charge is -2.11. The summed E-state index contributed by atoms with van der Waals surface area (Å²) in [6.45, 7) is 11.1. The van der Waals surface area contributed by atoms with Gasteiger partial charge in [-0.05, 0) is 25.0 Å². The van der Waals surface area contributed by atoms with Crippen LogP contribution < -0.4 is 0 Å². The Kier molecular flexibility index (Phi) is 5.48. The molecule has 0 amide bonds. The van der Waals surface area contributed by atoms with Crippen molar-refractivity contribution < 1.29 is 0 Å². The molecule has 3 nitrogen and oxygen atoms in total. The summed E-state index contributed by atoms with van der Waals surface area (Å²) in [6.07, 6.45) is 0. The summed E-state index contributed by atoms with van der Waals surface area (Å²) in [5, 5.41) is 10.3. The van der Waals surface area contributed by atoms with E-state index in [9.17, 15) is 0 Å². The van der Waals surface area contributed by atoms with Gasteiger partial charge in [0.25, 0.3) is 0 Å². The molecule has 112 valence electrons. The monoisotopic (exact) mass is 321 g/mol. The number of allylic oxidation sites excluding steroid dienone is 1. The average Bonchev–Trinajstić information content (AvgIpc) is 2.79. The van der Waals surface area contributed by atoms with Crippen LogP contribution in [0.2, 0.25) is 5.02 Å². The van der Waals surface area contributed by atoms with Crippen LogP contribution in [0.25, 0.3) is 11.4 Å². The van der Waals surface area contributed by atoms with Crippen LogP contribution in [-0.4, -0.2) is 20.5 Å². The lowest BCUT2D eigenvalue weighted by atomic mass is 10.2. The highest BCUT2D eigenvalue weighted by molar-refractivity contribution is 7.99. The molecule has 0 saturated heterocycles. The zero-order valence-electron chi connectivity index (χ0n) is 12.6. The van der Waals surface area contributed by atoms with Crippen LogP contribution in [0.3, 0.4) is 0 Å². The van der Waals surface area contributed by atoms with Gasteiger partial charge in [0, 0.05) is 17.9 Å². The molecular weight excluding hydrogens is 302 g/mol. The fourth-order valence-electron chi connectivity index (χ4n) is 1.89. The Balaban J connectivity index is 2.41. The molecular formula is C16H20ClN3S. The molecule has 0 atom stereocenters. The number of thioether (sulfide) groups is 1. The van der Waals surface area contributed by atoms with Gasteiger partial charge < -0.3 is 0 Å². The van der Waals surface area contributed by atoms with Crippen molar-refractivity contribution in [3.05, 3.63) is 41.4 Å². The second-order valence-electron chi connectivity index (χ2n) is 5.53. The SMILES string of the molecule is C=C(C)Cn1c(SCC(C)C)nnc1-c1ccccc1Cl. The molecule has 1 aromatic heterocycles. The maximum atomic E-state index is 6.29. The first-order valence-electron chi connectivity index (χ1n) is 6.94. The highest BCUT2D eigenvalue weighted by atomic mass is 35.5. The molecule has 2 rings (SSSR count). The van der Waals surface area contributed by atoms with Gasteiger partial charge in [0.1, 0.15) is 0 Å². The van der Waals surface area contributed by atoms with Gasteiger partial charge in [0.2, 0.25) is 0 Å². The fraction of sp³-hybridized carbons (Fsp3) is 0.375. The van der Waals surface area contributed by atoms with E-state index in [1.54, 1.807) is 11.8 Å². The highest BCUT2D eigenvalue weighted by Gasteiger charge is 2.16. The van der Waals surface area contributed by atoms with Gasteiger partial charge in [-0.3, -0.25) is 4.57 Å². The van der Waals surface area contributed by atoms with E-state index in [1.807, 2.05) is 31.2 Å². The third kappa shape index (κ3) is 4.11. The van der Waals surface area contributed by atoms with E-state index < -0.39 is 0 Å². The summed E-state index contributed by atoms with van der Waals surface area (Å²) >= 11 is 8.02. The summed E-state index contributed by atoms with van der Waals surface area (Å²) in [5.74, 6) is 2.42. The molecule has 0 fully saturated rings. The van der Waals surface area contributed by atoms with Crippen molar-refractivity contribution in [3.8, 4) is 11.4 Å². The third-order valence-electron chi connectivity index (χ3n) is 2.81. The molecule has 0 unspecified atom stereocenters. The fourth-order valence-corrected chi connectivity index (χ4v) is 3.00. The Morgan fingerprint density at radius 2 is 2.05 bits per heavy atom. The zero-order valence-corrected chi connectivity index (χ0v) is 14.2. The van der Waals surface area contributed by atoms with Crippen LogP contribution in [0.1, 0.15) is 20.8 Å².